The van der Waals surface area contributed by atoms with Gasteiger partial charge in [0.2, 0.25) is 0 Å². The van der Waals surface area contributed by atoms with E-state index >= 15 is 0 Å². The molecule has 53 heavy (non-hydrogen) atoms. The molecule has 0 heterocycles. The van der Waals surface area contributed by atoms with Gasteiger partial charge in [0.1, 0.15) is 6.61 Å². The molecule has 3 N–H and O–H groups in total. The lowest BCUT2D eigenvalue weighted by atomic mass is 10.1. The molecule has 0 aliphatic rings. The average molecular weight is 772 g/mol. The van der Waals surface area contributed by atoms with Crippen LogP contribution in [0.15, 0.2) is 24.3 Å². The second kappa shape index (κ2) is 40.2. The van der Waals surface area contributed by atoms with Crippen LogP contribution in [0.25, 0.3) is 0 Å². The van der Waals surface area contributed by atoms with Crippen LogP contribution >= 0.6 is 7.82 Å². The van der Waals surface area contributed by atoms with Crippen molar-refractivity contribution in [3.05, 3.63) is 24.3 Å². The Morgan fingerprint density at radius 1 is 0.547 bits per heavy atom. The Hall–Kier alpha value is -1.51. The standard InChI is InChI=1S/C43H82NO8P/c1-3-5-7-9-11-13-15-17-18-19-20-21-22-24-26-28-30-32-34-36-43(46)52-41(40-51-53(47,48)50-38-37-44)39-49-42(45)35-33-31-29-27-25-23-16-14-12-10-8-6-4-2/h14,16,19-20,41H,3-13,15,17-18,21-40,44H2,1-2H3,(H,47,48)/b16-14-,20-19-/t41-/m1/s1. The van der Waals surface area contributed by atoms with E-state index in [0.29, 0.717) is 6.42 Å². The van der Waals surface area contributed by atoms with Crippen molar-refractivity contribution in [2.75, 3.05) is 26.4 Å². The van der Waals surface area contributed by atoms with E-state index in [0.717, 1.165) is 64.2 Å². The molecule has 10 heteroatoms. The smallest absolute Gasteiger partial charge is 0.462 e. The van der Waals surface area contributed by atoms with E-state index in [1.807, 2.05) is 0 Å². The number of hydrogen-bond donors (Lipinski definition) is 2. The minimum Gasteiger partial charge on any atom is -0.462 e. The van der Waals surface area contributed by atoms with Gasteiger partial charge in [-0.2, -0.15) is 0 Å². The summed E-state index contributed by atoms with van der Waals surface area (Å²) < 4.78 is 32.7. The van der Waals surface area contributed by atoms with Gasteiger partial charge in [-0.3, -0.25) is 18.6 Å². The normalized spacial score (nSPS) is 13.5. The maximum Gasteiger partial charge on any atom is 0.472 e. The Bertz CT molecular complexity index is 928. The maximum absolute atomic E-state index is 12.6. The first-order valence-electron chi connectivity index (χ1n) is 21.8. The first-order chi connectivity index (χ1) is 25.8. The number of carbonyl (C=O) groups excluding carboxylic acids is 2. The van der Waals surface area contributed by atoms with Crippen molar-refractivity contribution in [2.24, 2.45) is 5.73 Å². The summed E-state index contributed by atoms with van der Waals surface area (Å²) in [5, 5.41) is 0. The van der Waals surface area contributed by atoms with Crippen LogP contribution in [0.3, 0.4) is 0 Å². The second-order valence-corrected chi connectivity index (χ2v) is 16.0. The predicted molar refractivity (Wildman–Crippen MR) is 220 cm³/mol. The summed E-state index contributed by atoms with van der Waals surface area (Å²) >= 11 is 0. The molecule has 9 nitrogen and oxygen atoms in total. The highest BCUT2D eigenvalue weighted by molar-refractivity contribution is 7.47. The third-order valence-electron chi connectivity index (χ3n) is 9.31. The van der Waals surface area contributed by atoms with Crippen molar-refractivity contribution in [2.45, 2.75) is 213 Å². The van der Waals surface area contributed by atoms with Gasteiger partial charge in [-0.15, -0.1) is 0 Å². The number of carbonyl (C=O) groups is 2. The lowest BCUT2D eigenvalue weighted by Crippen LogP contribution is -2.29. The van der Waals surface area contributed by atoms with Crippen LogP contribution in [-0.2, 0) is 32.7 Å². The fourth-order valence-electron chi connectivity index (χ4n) is 6.04. The molecule has 2 atom stereocenters. The zero-order valence-corrected chi connectivity index (χ0v) is 35.2. The molecule has 0 amide bonds. The summed E-state index contributed by atoms with van der Waals surface area (Å²) in [5.41, 5.74) is 5.34. The first-order valence-corrected chi connectivity index (χ1v) is 23.3. The molecule has 0 bridgehead atoms. The van der Waals surface area contributed by atoms with E-state index in [1.54, 1.807) is 0 Å². The molecule has 0 aliphatic carbocycles. The largest absolute Gasteiger partial charge is 0.472 e. The lowest BCUT2D eigenvalue weighted by Gasteiger charge is -2.19. The zero-order chi connectivity index (χ0) is 38.9. The highest BCUT2D eigenvalue weighted by Crippen LogP contribution is 2.43. The quantitative estimate of drug-likeness (QED) is 0.0269. The number of ether oxygens (including phenoxy) is 2. The highest BCUT2D eigenvalue weighted by Gasteiger charge is 2.26. The second-order valence-electron chi connectivity index (χ2n) is 14.6. The Labute approximate surface area is 325 Å². The Morgan fingerprint density at radius 3 is 1.36 bits per heavy atom. The van der Waals surface area contributed by atoms with Crippen LogP contribution in [0.2, 0.25) is 0 Å². The van der Waals surface area contributed by atoms with Crippen molar-refractivity contribution < 1.29 is 37.6 Å². The number of phosphoric acid groups is 1. The first kappa shape index (κ1) is 51.5. The molecular weight excluding hydrogens is 689 g/mol. The van der Waals surface area contributed by atoms with Crippen molar-refractivity contribution in [3.8, 4) is 0 Å². The van der Waals surface area contributed by atoms with Gasteiger partial charge in [0.25, 0.3) is 0 Å². The van der Waals surface area contributed by atoms with E-state index in [9.17, 15) is 19.0 Å². The van der Waals surface area contributed by atoms with Gasteiger partial charge in [-0.1, -0.05) is 154 Å². The maximum atomic E-state index is 12.6. The van der Waals surface area contributed by atoms with Gasteiger partial charge in [-0.25, -0.2) is 4.57 Å². The molecule has 312 valence electrons. The highest BCUT2D eigenvalue weighted by atomic mass is 31.2. The van der Waals surface area contributed by atoms with E-state index in [2.05, 4.69) is 38.2 Å². The Morgan fingerprint density at radius 2 is 0.925 bits per heavy atom. The molecule has 0 aromatic carbocycles. The van der Waals surface area contributed by atoms with Crippen molar-refractivity contribution in [1.29, 1.82) is 0 Å². The molecule has 1 unspecified atom stereocenters. The summed E-state index contributed by atoms with van der Waals surface area (Å²) in [6, 6.07) is 0. The monoisotopic (exact) mass is 772 g/mol. The third kappa shape index (κ3) is 40.0. The van der Waals surface area contributed by atoms with Crippen molar-refractivity contribution in [1.82, 2.24) is 0 Å². The van der Waals surface area contributed by atoms with Crippen LogP contribution in [-0.4, -0.2) is 49.3 Å². The topological polar surface area (TPSA) is 134 Å². The number of unbranched alkanes of at least 4 members (excludes halogenated alkanes) is 24. The average Bonchev–Trinajstić information content (AvgIpc) is 3.14. The van der Waals surface area contributed by atoms with Crippen molar-refractivity contribution >= 4 is 19.8 Å². The van der Waals surface area contributed by atoms with Gasteiger partial charge in [0, 0.05) is 19.4 Å². The molecule has 0 aromatic rings. The predicted octanol–water partition coefficient (Wildman–Crippen LogP) is 12.4. The fraction of sp³-hybridized carbons (Fsp3) is 0.860. The van der Waals surface area contributed by atoms with E-state index in [-0.39, 0.29) is 32.6 Å². The zero-order valence-electron chi connectivity index (χ0n) is 34.3. The number of phosphoric ester groups is 1. The Balaban J connectivity index is 4.13. The lowest BCUT2D eigenvalue weighted by molar-refractivity contribution is -0.161. The van der Waals surface area contributed by atoms with Gasteiger partial charge in [-0.05, 0) is 64.2 Å². The fourth-order valence-corrected chi connectivity index (χ4v) is 6.80. The molecule has 0 spiro atoms. The van der Waals surface area contributed by atoms with E-state index in [4.69, 9.17) is 24.3 Å². The van der Waals surface area contributed by atoms with Crippen molar-refractivity contribution in [3.63, 3.8) is 0 Å². The summed E-state index contributed by atoms with van der Waals surface area (Å²) in [6.07, 6.45) is 42.1. The summed E-state index contributed by atoms with van der Waals surface area (Å²) in [5.74, 6) is -0.839. The Kier molecular flexibility index (Phi) is 39.0. The van der Waals surface area contributed by atoms with Gasteiger partial charge in [0.15, 0.2) is 6.10 Å². The molecule has 0 aromatic heterocycles. The molecule has 0 saturated heterocycles. The van der Waals surface area contributed by atoms with E-state index in [1.165, 1.54) is 109 Å². The van der Waals surface area contributed by atoms with Crippen LogP contribution in [0.4, 0.5) is 0 Å². The summed E-state index contributed by atoms with van der Waals surface area (Å²) in [6.45, 7) is 3.71. The number of hydrogen-bond acceptors (Lipinski definition) is 8. The molecule has 0 rings (SSSR count). The van der Waals surface area contributed by atoms with Gasteiger partial charge >= 0.3 is 19.8 Å². The molecule has 0 fully saturated rings. The van der Waals surface area contributed by atoms with Crippen LogP contribution in [0.5, 0.6) is 0 Å². The number of allylic oxidation sites excluding steroid dienone is 4. The molecule has 0 saturated carbocycles. The van der Waals surface area contributed by atoms with Crippen LogP contribution in [0, 0.1) is 0 Å². The number of nitrogens with two attached hydrogens (primary N) is 1. The summed E-state index contributed by atoms with van der Waals surface area (Å²) in [7, 11) is -4.38. The minimum atomic E-state index is -4.38. The molecule has 0 radical (unpaired) electrons. The van der Waals surface area contributed by atoms with Gasteiger partial charge < -0.3 is 20.1 Å². The SMILES string of the molecule is CCCCCC/C=C\CCCCCCCC(=O)OC[C@H](COP(=O)(O)OCCN)OC(=O)CCCCCCCCC/C=C\CCCCCCCCCC. The molecule has 0 aliphatic heterocycles. The minimum absolute atomic E-state index is 0.0525. The van der Waals surface area contributed by atoms with E-state index < -0.39 is 32.5 Å². The number of esters is 2. The third-order valence-corrected chi connectivity index (χ3v) is 10.3. The van der Waals surface area contributed by atoms with Crippen LogP contribution in [0.1, 0.15) is 206 Å². The number of rotatable bonds is 41. The van der Waals surface area contributed by atoms with Crippen LogP contribution < -0.4 is 5.73 Å². The van der Waals surface area contributed by atoms with Gasteiger partial charge in [0.05, 0.1) is 13.2 Å². The molecular formula is C43H82NO8P. The summed E-state index contributed by atoms with van der Waals surface area (Å²) in [4.78, 5) is 34.8.